The molecule has 0 spiro atoms. The molecule has 3 aromatic rings. The molecule has 0 bridgehead atoms. The molecule has 28 heavy (non-hydrogen) atoms. The van der Waals surface area contributed by atoms with Gasteiger partial charge in [0.2, 0.25) is 0 Å². The maximum Gasteiger partial charge on any atom is 0.321 e. The number of hydrogen-bond acceptors (Lipinski definition) is 5. The number of anilines is 2. The summed E-state index contributed by atoms with van der Waals surface area (Å²) in [6.45, 7) is 5.04. The van der Waals surface area contributed by atoms with Crippen LogP contribution in [0.25, 0.3) is 0 Å². The van der Waals surface area contributed by atoms with Crippen LogP contribution in [-0.4, -0.2) is 29.5 Å². The quantitative estimate of drug-likeness (QED) is 0.649. The molecular weight excluding hydrogens is 352 g/mol. The van der Waals surface area contributed by atoms with Gasteiger partial charge in [-0.05, 0) is 67.4 Å². The third-order valence-electron chi connectivity index (χ3n) is 4.33. The molecule has 0 aliphatic heterocycles. The van der Waals surface area contributed by atoms with Crippen LogP contribution >= 0.6 is 0 Å². The van der Waals surface area contributed by atoms with E-state index in [2.05, 4.69) is 27.1 Å². The normalized spacial score (nSPS) is 10.4. The lowest BCUT2D eigenvalue weighted by Crippen LogP contribution is -2.18. The molecule has 1 heterocycles. The van der Waals surface area contributed by atoms with Crippen molar-refractivity contribution in [2.45, 2.75) is 20.3 Å². The van der Waals surface area contributed by atoms with Gasteiger partial charge in [-0.2, -0.15) is 0 Å². The van der Waals surface area contributed by atoms with Crippen molar-refractivity contribution < 1.29 is 9.53 Å². The highest BCUT2D eigenvalue weighted by Crippen LogP contribution is 2.25. The monoisotopic (exact) mass is 376 g/mol. The fourth-order valence-electron chi connectivity index (χ4n) is 2.81. The van der Waals surface area contributed by atoms with E-state index in [1.807, 2.05) is 50.4 Å². The molecule has 2 aromatic carbocycles. The van der Waals surface area contributed by atoms with E-state index < -0.39 is 0 Å². The van der Waals surface area contributed by atoms with Gasteiger partial charge in [-0.15, -0.1) is 0 Å². The van der Waals surface area contributed by atoms with E-state index in [4.69, 9.17) is 4.74 Å². The first kappa shape index (κ1) is 19.4. The zero-order valence-corrected chi connectivity index (χ0v) is 16.3. The lowest BCUT2D eigenvalue weighted by Gasteiger charge is -2.18. The van der Waals surface area contributed by atoms with Gasteiger partial charge in [-0.1, -0.05) is 6.92 Å². The summed E-state index contributed by atoms with van der Waals surface area (Å²) >= 11 is 0. The van der Waals surface area contributed by atoms with E-state index in [0.717, 1.165) is 29.9 Å². The van der Waals surface area contributed by atoms with Crippen LogP contribution in [0.15, 0.2) is 60.9 Å². The van der Waals surface area contributed by atoms with Crippen LogP contribution in [0, 0.1) is 6.92 Å². The van der Waals surface area contributed by atoms with Crippen LogP contribution in [-0.2, 0) is 0 Å². The van der Waals surface area contributed by atoms with Crippen molar-refractivity contribution in [2.24, 2.45) is 0 Å². The number of benzene rings is 2. The summed E-state index contributed by atoms with van der Waals surface area (Å²) in [4.78, 5) is 22.8. The SMILES string of the molecule is CCCN(C)c1ccc(C(=O)Nc2ccc(Oc3ncccn3)cc2C)cc1. The largest absolute Gasteiger partial charge is 0.424 e. The number of carbonyl (C=O) groups is 1. The third-order valence-corrected chi connectivity index (χ3v) is 4.33. The highest BCUT2D eigenvalue weighted by Gasteiger charge is 2.10. The average Bonchev–Trinajstić information content (AvgIpc) is 2.71. The summed E-state index contributed by atoms with van der Waals surface area (Å²) in [6.07, 6.45) is 4.32. The van der Waals surface area contributed by atoms with Crippen molar-refractivity contribution in [1.29, 1.82) is 0 Å². The van der Waals surface area contributed by atoms with Crippen molar-refractivity contribution in [2.75, 3.05) is 23.8 Å². The van der Waals surface area contributed by atoms with Gasteiger partial charge < -0.3 is 15.0 Å². The van der Waals surface area contributed by atoms with Gasteiger partial charge in [0, 0.05) is 42.9 Å². The standard InChI is InChI=1S/C22H24N4O2/c1-4-14-26(3)18-8-6-17(7-9-18)21(27)25-20-11-10-19(15-16(20)2)28-22-23-12-5-13-24-22/h5-13,15H,4,14H2,1-3H3,(H,25,27). The second-order valence-corrected chi connectivity index (χ2v) is 6.53. The molecule has 0 radical (unpaired) electrons. The summed E-state index contributed by atoms with van der Waals surface area (Å²) < 4.78 is 5.62. The Morgan fingerprint density at radius 1 is 1.11 bits per heavy atom. The Hall–Kier alpha value is -3.41. The number of ether oxygens (including phenoxy) is 1. The molecule has 6 nitrogen and oxygen atoms in total. The fourth-order valence-corrected chi connectivity index (χ4v) is 2.81. The van der Waals surface area contributed by atoms with Gasteiger partial charge >= 0.3 is 6.01 Å². The van der Waals surface area contributed by atoms with Crippen LogP contribution < -0.4 is 15.0 Å². The number of rotatable bonds is 7. The molecule has 1 aromatic heterocycles. The van der Waals surface area contributed by atoms with Crippen LogP contribution in [0.3, 0.4) is 0 Å². The first-order valence-corrected chi connectivity index (χ1v) is 9.25. The Labute approximate surface area is 165 Å². The Balaban J connectivity index is 1.67. The number of nitrogens with one attached hydrogen (secondary N) is 1. The molecule has 0 aliphatic rings. The maximum atomic E-state index is 12.6. The number of aromatic nitrogens is 2. The minimum Gasteiger partial charge on any atom is -0.424 e. The van der Waals surface area contributed by atoms with Crippen molar-refractivity contribution in [1.82, 2.24) is 9.97 Å². The highest BCUT2D eigenvalue weighted by molar-refractivity contribution is 6.04. The second-order valence-electron chi connectivity index (χ2n) is 6.53. The van der Waals surface area contributed by atoms with Crippen molar-refractivity contribution >= 4 is 17.3 Å². The smallest absolute Gasteiger partial charge is 0.321 e. The van der Waals surface area contributed by atoms with Crippen LogP contribution in [0.2, 0.25) is 0 Å². The first-order valence-electron chi connectivity index (χ1n) is 9.25. The van der Waals surface area contributed by atoms with Gasteiger partial charge in [-0.3, -0.25) is 4.79 Å². The molecule has 0 saturated heterocycles. The predicted octanol–water partition coefficient (Wildman–Crippen LogP) is 4.68. The molecule has 3 rings (SSSR count). The number of aryl methyl sites for hydroxylation is 1. The summed E-state index contributed by atoms with van der Waals surface area (Å²) in [5.74, 6) is 0.470. The fraction of sp³-hybridized carbons (Fsp3) is 0.227. The van der Waals surface area contributed by atoms with Crippen molar-refractivity contribution in [3.8, 4) is 11.8 Å². The van der Waals surface area contributed by atoms with Crippen LogP contribution in [0.5, 0.6) is 11.8 Å². The molecular formula is C22H24N4O2. The summed E-state index contributed by atoms with van der Waals surface area (Å²) in [5, 5.41) is 2.95. The predicted molar refractivity (Wildman–Crippen MR) is 111 cm³/mol. The summed E-state index contributed by atoms with van der Waals surface area (Å²) in [5.41, 5.74) is 3.34. The number of nitrogens with zero attached hydrogens (tertiary/aromatic N) is 3. The van der Waals surface area contributed by atoms with E-state index in [1.54, 1.807) is 24.5 Å². The Bertz CT molecular complexity index is 927. The molecule has 1 N–H and O–H groups in total. The van der Waals surface area contributed by atoms with Gasteiger partial charge in [0.15, 0.2) is 0 Å². The Morgan fingerprint density at radius 2 is 1.82 bits per heavy atom. The zero-order valence-electron chi connectivity index (χ0n) is 16.3. The Morgan fingerprint density at radius 3 is 2.46 bits per heavy atom. The summed E-state index contributed by atoms with van der Waals surface area (Å²) in [7, 11) is 2.05. The van der Waals surface area contributed by atoms with E-state index in [-0.39, 0.29) is 11.9 Å². The molecule has 0 fully saturated rings. The molecule has 1 amide bonds. The minimum absolute atomic E-state index is 0.146. The highest BCUT2D eigenvalue weighted by atomic mass is 16.5. The first-order chi connectivity index (χ1) is 13.6. The molecule has 0 saturated carbocycles. The number of carbonyl (C=O) groups excluding carboxylic acids is 1. The third kappa shape index (κ3) is 4.85. The Kier molecular flexibility index (Phi) is 6.22. The average molecular weight is 376 g/mol. The molecule has 0 aliphatic carbocycles. The minimum atomic E-state index is -0.146. The van der Waals surface area contributed by atoms with Gasteiger partial charge in [-0.25, -0.2) is 9.97 Å². The maximum absolute atomic E-state index is 12.6. The van der Waals surface area contributed by atoms with Crippen LogP contribution in [0.4, 0.5) is 11.4 Å². The molecule has 0 atom stereocenters. The molecule has 144 valence electrons. The van der Waals surface area contributed by atoms with Gasteiger partial charge in [0.05, 0.1) is 0 Å². The van der Waals surface area contributed by atoms with E-state index in [1.165, 1.54) is 0 Å². The molecule has 6 heteroatoms. The van der Waals surface area contributed by atoms with Crippen molar-refractivity contribution in [3.05, 3.63) is 72.1 Å². The van der Waals surface area contributed by atoms with Crippen LogP contribution in [0.1, 0.15) is 29.3 Å². The van der Waals surface area contributed by atoms with Gasteiger partial charge in [0.25, 0.3) is 5.91 Å². The lowest BCUT2D eigenvalue weighted by atomic mass is 10.1. The van der Waals surface area contributed by atoms with Gasteiger partial charge in [0.1, 0.15) is 5.75 Å². The van der Waals surface area contributed by atoms with E-state index in [0.29, 0.717) is 11.3 Å². The zero-order chi connectivity index (χ0) is 19.9. The lowest BCUT2D eigenvalue weighted by molar-refractivity contribution is 0.102. The van der Waals surface area contributed by atoms with Crippen molar-refractivity contribution in [3.63, 3.8) is 0 Å². The number of hydrogen-bond donors (Lipinski definition) is 1. The number of amides is 1. The van der Waals surface area contributed by atoms with E-state index >= 15 is 0 Å². The topological polar surface area (TPSA) is 67.4 Å². The molecule has 0 unspecified atom stereocenters. The summed E-state index contributed by atoms with van der Waals surface area (Å²) in [6, 6.07) is 15.1. The second kappa shape index (κ2) is 8.99. The van der Waals surface area contributed by atoms with E-state index in [9.17, 15) is 4.79 Å².